The standard InChI is InChI=1S/C24H28N2O/c1-17(2)15-24(4,16-19-10-6-5-7-11-19)26-23(27)22-18(3)14-20-12-8-9-13-21(20)25-22/h5-14,17H,15-16H2,1-4H3,(H,26,27). The van der Waals surface area contributed by atoms with Crippen LogP contribution in [0.15, 0.2) is 60.7 Å². The third-order valence-electron chi connectivity index (χ3n) is 4.84. The molecule has 1 heterocycles. The van der Waals surface area contributed by atoms with E-state index in [1.807, 2.05) is 55.5 Å². The van der Waals surface area contributed by atoms with Crippen LogP contribution >= 0.6 is 0 Å². The SMILES string of the molecule is Cc1cc2ccccc2nc1C(=O)NC(C)(Cc1ccccc1)CC(C)C. The highest BCUT2D eigenvalue weighted by Crippen LogP contribution is 2.23. The van der Waals surface area contributed by atoms with E-state index in [1.165, 1.54) is 5.56 Å². The van der Waals surface area contributed by atoms with Crippen molar-refractivity contribution in [3.63, 3.8) is 0 Å². The minimum Gasteiger partial charge on any atom is -0.345 e. The van der Waals surface area contributed by atoms with Gasteiger partial charge >= 0.3 is 0 Å². The van der Waals surface area contributed by atoms with Gasteiger partial charge in [-0.15, -0.1) is 0 Å². The first-order valence-corrected chi connectivity index (χ1v) is 9.59. The second-order valence-electron chi connectivity index (χ2n) is 8.12. The zero-order valence-corrected chi connectivity index (χ0v) is 16.6. The first kappa shape index (κ1) is 19.1. The van der Waals surface area contributed by atoms with Crippen molar-refractivity contribution >= 4 is 16.8 Å². The summed E-state index contributed by atoms with van der Waals surface area (Å²) in [4.78, 5) is 17.8. The van der Waals surface area contributed by atoms with Gasteiger partial charge in [0.25, 0.3) is 5.91 Å². The maximum Gasteiger partial charge on any atom is 0.270 e. The number of amides is 1. The Labute approximate surface area is 161 Å². The molecular weight excluding hydrogens is 332 g/mol. The number of hydrogen-bond acceptors (Lipinski definition) is 2. The summed E-state index contributed by atoms with van der Waals surface area (Å²) < 4.78 is 0. The van der Waals surface area contributed by atoms with Crippen LogP contribution in [0, 0.1) is 12.8 Å². The molecule has 0 bridgehead atoms. The predicted octanol–water partition coefficient (Wildman–Crippen LogP) is 5.32. The molecule has 3 rings (SSSR count). The van der Waals surface area contributed by atoms with E-state index in [1.54, 1.807) is 0 Å². The summed E-state index contributed by atoms with van der Waals surface area (Å²) in [6.07, 6.45) is 1.70. The Kier molecular flexibility index (Phi) is 5.59. The minimum absolute atomic E-state index is 0.0997. The van der Waals surface area contributed by atoms with Crippen LogP contribution in [0.25, 0.3) is 10.9 Å². The number of nitrogens with one attached hydrogen (secondary N) is 1. The fourth-order valence-corrected chi connectivity index (χ4v) is 3.90. The highest BCUT2D eigenvalue weighted by molar-refractivity contribution is 5.96. The molecule has 27 heavy (non-hydrogen) atoms. The van der Waals surface area contributed by atoms with Gasteiger partial charge in [0.15, 0.2) is 0 Å². The largest absolute Gasteiger partial charge is 0.345 e. The Morgan fingerprint density at radius 2 is 1.74 bits per heavy atom. The molecular formula is C24H28N2O. The fraction of sp³-hybridized carbons (Fsp3) is 0.333. The average Bonchev–Trinajstić information content (AvgIpc) is 2.60. The molecule has 1 unspecified atom stereocenters. The number of hydrogen-bond donors (Lipinski definition) is 1. The quantitative estimate of drug-likeness (QED) is 0.646. The normalized spacial score (nSPS) is 13.5. The molecule has 0 saturated carbocycles. The van der Waals surface area contributed by atoms with Crippen molar-refractivity contribution in [1.82, 2.24) is 10.3 Å². The average molecular weight is 361 g/mol. The number of para-hydroxylation sites is 1. The molecule has 0 aliphatic carbocycles. The van der Waals surface area contributed by atoms with Crippen molar-refractivity contribution in [1.29, 1.82) is 0 Å². The zero-order valence-electron chi connectivity index (χ0n) is 16.6. The van der Waals surface area contributed by atoms with E-state index in [4.69, 9.17) is 0 Å². The number of benzene rings is 2. The summed E-state index contributed by atoms with van der Waals surface area (Å²) in [5.74, 6) is 0.377. The number of nitrogens with zero attached hydrogens (tertiary/aromatic N) is 1. The van der Waals surface area contributed by atoms with Crippen molar-refractivity contribution < 1.29 is 4.79 Å². The lowest BCUT2D eigenvalue weighted by Gasteiger charge is -2.33. The first-order valence-electron chi connectivity index (χ1n) is 9.59. The molecule has 140 valence electrons. The zero-order chi connectivity index (χ0) is 19.4. The summed E-state index contributed by atoms with van der Waals surface area (Å²) in [5.41, 5.74) is 3.16. The molecule has 0 aliphatic heterocycles. The van der Waals surface area contributed by atoms with Crippen molar-refractivity contribution in [3.05, 3.63) is 77.5 Å². The molecule has 2 aromatic carbocycles. The lowest BCUT2D eigenvalue weighted by Crippen LogP contribution is -2.49. The Bertz CT molecular complexity index is 934. The fourth-order valence-electron chi connectivity index (χ4n) is 3.90. The number of carbonyl (C=O) groups excluding carboxylic acids is 1. The molecule has 3 heteroatoms. The van der Waals surface area contributed by atoms with Gasteiger partial charge in [-0.2, -0.15) is 0 Å². The summed E-state index contributed by atoms with van der Waals surface area (Å²) in [5, 5.41) is 4.35. The number of carbonyl (C=O) groups is 1. The summed E-state index contributed by atoms with van der Waals surface area (Å²) >= 11 is 0. The van der Waals surface area contributed by atoms with Crippen molar-refractivity contribution in [2.24, 2.45) is 5.92 Å². The summed E-state index contributed by atoms with van der Waals surface area (Å²) in [6, 6.07) is 20.3. The Morgan fingerprint density at radius 3 is 2.44 bits per heavy atom. The van der Waals surface area contributed by atoms with Gasteiger partial charge in [-0.3, -0.25) is 4.79 Å². The number of aromatic nitrogens is 1. The molecule has 0 spiro atoms. The molecule has 1 N–H and O–H groups in total. The van der Waals surface area contributed by atoms with Gasteiger partial charge in [0, 0.05) is 10.9 Å². The Balaban J connectivity index is 1.89. The van der Waals surface area contributed by atoms with Crippen LogP contribution in [0.4, 0.5) is 0 Å². The second kappa shape index (κ2) is 7.91. The first-order chi connectivity index (χ1) is 12.9. The maximum atomic E-state index is 13.1. The smallest absolute Gasteiger partial charge is 0.270 e. The molecule has 1 atom stereocenters. The van der Waals surface area contributed by atoms with E-state index in [9.17, 15) is 4.79 Å². The highest BCUT2D eigenvalue weighted by Gasteiger charge is 2.29. The number of rotatable bonds is 6. The van der Waals surface area contributed by atoms with Crippen LogP contribution in [-0.2, 0) is 6.42 Å². The van der Waals surface area contributed by atoms with E-state index in [-0.39, 0.29) is 11.4 Å². The predicted molar refractivity (Wildman–Crippen MR) is 112 cm³/mol. The molecule has 1 aromatic heterocycles. The van der Waals surface area contributed by atoms with E-state index >= 15 is 0 Å². The Morgan fingerprint density at radius 1 is 1.07 bits per heavy atom. The third-order valence-corrected chi connectivity index (χ3v) is 4.84. The lowest BCUT2D eigenvalue weighted by atomic mass is 9.84. The molecule has 0 radical (unpaired) electrons. The molecule has 1 amide bonds. The van der Waals surface area contributed by atoms with E-state index in [0.717, 1.165) is 29.3 Å². The second-order valence-corrected chi connectivity index (χ2v) is 8.12. The highest BCUT2D eigenvalue weighted by atomic mass is 16.2. The third kappa shape index (κ3) is 4.73. The van der Waals surface area contributed by atoms with Crippen molar-refractivity contribution in [2.45, 2.75) is 46.1 Å². The number of aryl methyl sites for hydroxylation is 1. The van der Waals surface area contributed by atoms with Gasteiger partial charge in [0.05, 0.1) is 5.52 Å². The molecule has 0 fully saturated rings. The van der Waals surface area contributed by atoms with Gasteiger partial charge in [-0.25, -0.2) is 4.98 Å². The van der Waals surface area contributed by atoms with E-state index in [2.05, 4.69) is 43.2 Å². The van der Waals surface area contributed by atoms with Crippen LogP contribution in [0.1, 0.15) is 48.8 Å². The summed E-state index contributed by atoms with van der Waals surface area (Å²) in [6.45, 7) is 8.46. The van der Waals surface area contributed by atoms with Gasteiger partial charge < -0.3 is 5.32 Å². The minimum atomic E-state index is -0.327. The van der Waals surface area contributed by atoms with Gasteiger partial charge in [0.1, 0.15) is 5.69 Å². The van der Waals surface area contributed by atoms with Crippen molar-refractivity contribution in [2.75, 3.05) is 0 Å². The van der Waals surface area contributed by atoms with Crippen LogP contribution in [0.2, 0.25) is 0 Å². The Hall–Kier alpha value is -2.68. The lowest BCUT2D eigenvalue weighted by molar-refractivity contribution is 0.0888. The van der Waals surface area contributed by atoms with Crippen molar-refractivity contribution in [3.8, 4) is 0 Å². The number of fused-ring (bicyclic) bond motifs is 1. The van der Waals surface area contributed by atoms with Crippen LogP contribution in [0.5, 0.6) is 0 Å². The monoisotopic (exact) mass is 360 g/mol. The van der Waals surface area contributed by atoms with Gasteiger partial charge in [0.2, 0.25) is 0 Å². The number of pyridine rings is 1. The van der Waals surface area contributed by atoms with Gasteiger partial charge in [-0.1, -0.05) is 62.4 Å². The van der Waals surface area contributed by atoms with Crippen LogP contribution in [0.3, 0.4) is 0 Å². The van der Waals surface area contributed by atoms with E-state index < -0.39 is 0 Å². The maximum absolute atomic E-state index is 13.1. The van der Waals surface area contributed by atoms with E-state index in [0.29, 0.717) is 11.6 Å². The van der Waals surface area contributed by atoms with Gasteiger partial charge in [-0.05, 0) is 55.9 Å². The topological polar surface area (TPSA) is 42.0 Å². The molecule has 3 aromatic rings. The van der Waals surface area contributed by atoms with Crippen LogP contribution in [-0.4, -0.2) is 16.4 Å². The molecule has 0 aliphatic rings. The molecule has 3 nitrogen and oxygen atoms in total. The summed E-state index contributed by atoms with van der Waals surface area (Å²) in [7, 11) is 0. The van der Waals surface area contributed by atoms with Crippen LogP contribution < -0.4 is 5.32 Å². The molecule has 0 saturated heterocycles.